The van der Waals surface area contributed by atoms with E-state index in [1.807, 2.05) is 0 Å². The summed E-state index contributed by atoms with van der Waals surface area (Å²) in [4.78, 5) is 0. The summed E-state index contributed by atoms with van der Waals surface area (Å²) < 4.78 is 487. The van der Waals surface area contributed by atoms with E-state index in [0.29, 0.717) is 12.8 Å². The molecule has 16 unspecified atom stereocenters. The van der Waals surface area contributed by atoms with Gasteiger partial charge in [0.25, 0.3) is 33.6 Å². The summed E-state index contributed by atoms with van der Waals surface area (Å²) in [5.74, 6) is -15.6. The Labute approximate surface area is 530 Å². The molecule has 99 heavy (non-hydrogen) atoms. The molecule has 0 aromatic heterocycles. The van der Waals surface area contributed by atoms with Crippen LogP contribution < -0.4 is 0 Å². The van der Waals surface area contributed by atoms with Gasteiger partial charge in [-0.15, -0.1) is 0 Å². The lowest BCUT2D eigenvalue weighted by molar-refractivity contribution is -0.402. The predicted molar refractivity (Wildman–Crippen MR) is 250 cm³/mol. The lowest BCUT2D eigenvalue weighted by Crippen LogP contribution is -2.67. The number of alkyl halides is 36. The largest absolute Gasteiger partial charge is 0.428 e. The lowest BCUT2D eigenvalue weighted by Gasteiger charge is -2.53. The highest BCUT2D eigenvalue weighted by Crippen LogP contribution is 2.74. The Balaban J connectivity index is 0.000000209. The fourth-order valence-electron chi connectivity index (χ4n) is 15.9. The van der Waals surface area contributed by atoms with E-state index in [0.717, 1.165) is 0 Å². The Morgan fingerprint density at radius 3 is 0.778 bits per heavy atom. The lowest BCUT2D eigenvalue weighted by atomic mass is 9.53. The van der Waals surface area contributed by atoms with Crippen molar-refractivity contribution in [3.8, 4) is 0 Å². The second kappa shape index (κ2) is 25.5. The first-order valence-corrected chi connectivity index (χ1v) is 28.6. The molecule has 46 heteroatoms. The molecular formula is C53H52F36O10. The molecule has 6 fully saturated rings. The van der Waals surface area contributed by atoms with Gasteiger partial charge in [0.15, 0.2) is 0 Å². The second-order valence-electron chi connectivity index (χ2n) is 26.1. The van der Waals surface area contributed by atoms with Crippen LogP contribution in [0.4, 0.5) is 158 Å². The van der Waals surface area contributed by atoms with E-state index in [4.69, 9.17) is 10.2 Å². The monoisotopic (exact) mass is 1530 g/mol. The van der Waals surface area contributed by atoms with Crippen LogP contribution in [0.5, 0.6) is 0 Å². The van der Waals surface area contributed by atoms with Crippen molar-refractivity contribution in [1.29, 1.82) is 0 Å². The van der Waals surface area contributed by atoms with Crippen LogP contribution in [0.2, 0.25) is 0 Å². The van der Waals surface area contributed by atoms with Crippen molar-refractivity contribution in [2.75, 3.05) is 39.6 Å². The third-order valence-electron chi connectivity index (χ3n) is 20.8. The number of halogens is 36. The van der Waals surface area contributed by atoms with Gasteiger partial charge in [-0.05, 0) is 109 Å². The molecule has 0 aromatic rings. The van der Waals surface area contributed by atoms with Crippen molar-refractivity contribution in [3.63, 3.8) is 0 Å². The molecule has 9 aliphatic carbocycles. The smallest absolute Gasteiger partial charge is 0.377 e. The number of fused-ring (bicyclic) bond motifs is 16. The van der Waals surface area contributed by atoms with Gasteiger partial charge in [0.1, 0.15) is 0 Å². The molecule has 0 aromatic carbocycles. The molecule has 10 nitrogen and oxygen atoms in total. The topological polar surface area (TPSA) is 158 Å². The van der Waals surface area contributed by atoms with Gasteiger partial charge < -0.3 is 49.6 Å². The summed E-state index contributed by atoms with van der Waals surface area (Å²) in [5, 5.41) is 56.2. The minimum absolute atomic E-state index is 0.109. The van der Waals surface area contributed by atoms with E-state index in [1.165, 1.54) is 12.2 Å². The van der Waals surface area contributed by atoms with Crippen LogP contribution >= 0.6 is 0 Å². The zero-order valence-electron chi connectivity index (χ0n) is 48.6. The molecule has 8 bridgehead atoms. The average molecular weight is 1530 g/mol. The molecule has 576 valence electrons. The summed E-state index contributed by atoms with van der Waals surface area (Å²) in [6.07, 6.45) is -71.8. The first kappa shape index (κ1) is 82.6. The van der Waals surface area contributed by atoms with Gasteiger partial charge in [-0.3, -0.25) is 0 Å². The van der Waals surface area contributed by atoms with Crippen LogP contribution in [0.1, 0.15) is 32.1 Å². The summed E-state index contributed by atoms with van der Waals surface area (Å²) in [6, 6.07) is 0. The molecule has 9 aliphatic rings. The van der Waals surface area contributed by atoms with Gasteiger partial charge in [-0.25, -0.2) is 0 Å². The van der Waals surface area contributed by atoms with Crippen LogP contribution in [0.25, 0.3) is 0 Å². The summed E-state index contributed by atoms with van der Waals surface area (Å²) in [7, 11) is 0. The van der Waals surface area contributed by atoms with Crippen molar-refractivity contribution in [2.45, 2.75) is 152 Å². The fourth-order valence-corrected chi connectivity index (χ4v) is 15.9. The van der Waals surface area contributed by atoms with Gasteiger partial charge in [-0.1, -0.05) is 36.5 Å². The van der Waals surface area contributed by atoms with Crippen molar-refractivity contribution in [1.82, 2.24) is 0 Å². The van der Waals surface area contributed by atoms with Gasteiger partial charge in [0, 0.05) is 17.8 Å². The van der Waals surface area contributed by atoms with E-state index >= 15 is 0 Å². The molecule has 0 saturated heterocycles. The zero-order valence-corrected chi connectivity index (χ0v) is 48.6. The summed E-state index contributed by atoms with van der Waals surface area (Å²) in [6.45, 7) is -10.8. The highest BCUT2D eigenvalue weighted by molar-refractivity contribution is 5.26. The third-order valence-corrected chi connectivity index (χ3v) is 20.8. The average Bonchev–Trinajstić information content (AvgIpc) is 1.53. The maximum absolute atomic E-state index is 13.7. The van der Waals surface area contributed by atoms with Crippen LogP contribution in [-0.4, -0.2) is 190 Å². The standard InChI is InChI=1S/C19H20F12O4.C19H18F12O2.C15H14F12O4/c20-16(21,22)14(32,17(23,24)25)6-34-4-10-11(13-9-2-1-8(3-9)12(10)13)5-35-7-15(33,18(26,27)28)19(29,30)31;20-16(21,22)14(32,17(23,24)25)5-10-8-4-9(12-7-2-1-6(3-7)11(8)12)13(10)15(33,18(26,27)28)19(29,30)31;16-12(17,18)10(28,13(19,20)21)4-30-8-6-1-2-7(3-6)9(8)31-5-11(29,14(22,23)24)15(25,26)27/h1-2,8-13,32-33H,3-7H2;1-2,6-13,32-33H,3-5H2;1-2,6-9,28-29H,3-5H2/t8?,9?,10-,11-,12?,13?;;/m1../s1. The SMILES string of the molecule is OC(CC1C2CC(C3C4C=CC(C4)C23)C1C(O)(C(F)(F)F)C(F)(F)F)(C(F)(F)F)C(F)(F)F.OC(COC1C2C=CC(C2)C1OCC(O)(C(F)(F)F)C(F)(F)F)(C(F)(F)F)C(F)(F)F.OC(COC[C@H]1C2C3C=CC(C3)C2[C@@H]1COCC(O)(C(F)(F)F)C(F)(F)F)(C(F)(F)F)C(F)(F)F. The van der Waals surface area contributed by atoms with Crippen molar-refractivity contribution >= 4 is 0 Å². The Hall–Kier alpha value is -3.70. The maximum Gasteiger partial charge on any atom is 0.428 e. The van der Waals surface area contributed by atoms with E-state index in [2.05, 4.69) is 18.9 Å². The van der Waals surface area contributed by atoms with Gasteiger partial charge >= 0.3 is 74.1 Å². The summed E-state index contributed by atoms with van der Waals surface area (Å²) in [5.41, 5.74) is -32.1. The van der Waals surface area contributed by atoms with Gasteiger partial charge in [0.2, 0.25) is 0 Å². The molecule has 0 heterocycles. The number of hydrogen-bond acceptors (Lipinski definition) is 10. The summed E-state index contributed by atoms with van der Waals surface area (Å²) >= 11 is 0. The number of hydrogen-bond donors (Lipinski definition) is 6. The highest BCUT2D eigenvalue weighted by atomic mass is 19.5. The normalized spacial score (nSPS) is 32.9. The number of ether oxygens (including phenoxy) is 4. The van der Waals surface area contributed by atoms with E-state index in [9.17, 15) is 178 Å². The fraction of sp³-hybridized carbons (Fsp3) is 0.887. The Morgan fingerprint density at radius 2 is 0.505 bits per heavy atom. The third kappa shape index (κ3) is 13.9. The van der Waals surface area contributed by atoms with Gasteiger partial charge in [0.05, 0.1) is 51.8 Å². The molecule has 0 spiro atoms. The van der Waals surface area contributed by atoms with Crippen LogP contribution in [0.3, 0.4) is 0 Å². The van der Waals surface area contributed by atoms with Crippen molar-refractivity contribution < 1.29 is 208 Å². The van der Waals surface area contributed by atoms with Crippen molar-refractivity contribution in [2.24, 2.45) is 94.7 Å². The minimum Gasteiger partial charge on any atom is -0.377 e. The molecule has 0 radical (unpaired) electrons. The van der Waals surface area contributed by atoms with E-state index < -0.39 is 243 Å². The number of allylic oxidation sites excluding steroid dienone is 4. The maximum atomic E-state index is 13.7. The Bertz CT molecular complexity index is 2700. The first-order valence-electron chi connectivity index (χ1n) is 28.6. The Kier molecular flexibility index (Phi) is 21.3. The second-order valence-corrected chi connectivity index (χ2v) is 26.1. The van der Waals surface area contributed by atoms with E-state index in [-0.39, 0.29) is 30.1 Å². The zero-order chi connectivity index (χ0) is 76.2. The Morgan fingerprint density at radius 1 is 0.263 bits per heavy atom. The number of aliphatic hydroxyl groups is 6. The number of rotatable bonds is 17. The molecule has 0 amide bonds. The highest BCUT2D eigenvalue weighted by Gasteiger charge is 2.83. The van der Waals surface area contributed by atoms with Gasteiger partial charge in [-0.2, -0.15) is 158 Å². The molecule has 0 aliphatic heterocycles. The molecule has 6 saturated carbocycles. The molecule has 6 N–H and O–H groups in total. The molecular weight excluding hydrogens is 1480 g/mol. The quantitative estimate of drug-likeness (QED) is 0.0470. The predicted octanol–water partition coefficient (Wildman–Crippen LogP) is 13.5. The molecule has 18 atom stereocenters. The first-order chi connectivity index (χ1) is 44.0. The van der Waals surface area contributed by atoms with Crippen LogP contribution in [-0.2, 0) is 18.9 Å². The van der Waals surface area contributed by atoms with Crippen LogP contribution in [0.15, 0.2) is 36.5 Å². The minimum atomic E-state index is -6.42. The van der Waals surface area contributed by atoms with Crippen LogP contribution in [0, 0.1) is 94.7 Å². The molecule has 9 rings (SSSR count). The van der Waals surface area contributed by atoms with E-state index in [1.54, 1.807) is 24.3 Å². The van der Waals surface area contributed by atoms with Crippen molar-refractivity contribution in [3.05, 3.63) is 36.5 Å².